The van der Waals surface area contributed by atoms with E-state index < -0.39 is 0 Å². The van der Waals surface area contributed by atoms with Gasteiger partial charge < -0.3 is 10.7 Å². The van der Waals surface area contributed by atoms with E-state index >= 15 is 0 Å². The summed E-state index contributed by atoms with van der Waals surface area (Å²) >= 11 is 0. The van der Waals surface area contributed by atoms with E-state index in [1.165, 1.54) is 0 Å². The molecular weight excluding hydrogens is 116 g/mol. The average Bonchev–Trinajstić information content (AvgIpc) is 2.14. The van der Waals surface area contributed by atoms with Crippen LogP contribution in [0.1, 0.15) is 24.6 Å². The zero-order valence-corrected chi connectivity index (χ0v) is 5.55. The van der Waals surface area contributed by atoms with Gasteiger partial charge in [0.15, 0.2) is 0 Å². The first-order valence-electron chi connectivity index (χ1n) is 2.85. The van der Waals surface area contributed by atoms with E-state index in [0.717, 1.165) is 11.6 Å². The number of nitrogens with one attached hydrogen (secondary N) is 1. The maximum atomic E-state index is 5.49. The van der Waals surface area contributed by atoms with Crippen molar-refractivity contribution in [1.82, 2.24) is 15.2 Å². The molecule has 1 unspecified atom stereocenters. The fourth-order valence-corrected chi connectivity index (χ4v) is 0.569. The maximum absolute atomic E-state index is 5.49. The molecular formula is C5H10N4. The Morgan fingerprint density at radius 3 is 2.44 bits per heavy atom. The lowest BCUT2D eigenvalue weighted by Gasteiger charge is -1.94. The number of rotatable bonds is 1. The number of aryl methyl sites for hydroxylation is 1. The quantitative estimate of drug-likeness (QED) is 0.562. The summed E-state index contributed by atoms with van der Waals surface area (Å²) in [7, 11) is 0. The summed E-state index contributed by atoms with van der Waals surface area (Å²) in [5, 5.41) is 7.54. The molecule has 0 aliphatic heterocycles. The van der Waals surface area contributed by atoms with Crippen molar-refractivity contribution in [3.05, 3.63) is 11.6 Å². The lowest BCUT2D eigenvalue weighted by Crippen LogP contribution is -2.06. The second-order valence-electron chi connectivity index (χ2n) is 2.08. The molecule has 1 aromatic rings. The fraction of sp³-hybridized carbons (Fsp3) is 0.600. The highest BCUT2D eigenvalue weighted by Crippen LogP contribution is 1.99. The van der Waals surface area contributed by atoms with E-state index in [9.17, 15) is 0 Å². The van der Waals surface area contributed by atoms with Gasteiger partial charge in [-0.1, -0.05) is 0 Å². The Bertz CT molecular complexity index is 191. The molecule has 0 radical (unpaired) electrons. The van der Waals surface area contributed by atoms with Gasteiger partial charge in [0.25, 0.3) is 0 Å². The molecule has 1 rings (SSSR count). The van der Waals surface area contributed by atoms with Crippen LogP contribution in [0.15, 0.2) is 0 Å². The molecule has 0 aromatic carbocycles. The molecule has 0 bridgehead atoms. The maximum Gasteiger partial charge on any atom is 0.147 e. The van der Waals surface area contributed by atoms with Gasteiger partial charge >= 0.3 is 0 Å². The Hall–Kier alpha value is -0.900. The molecule has 4 nitrogen and oxygen atoms in total. The topological polar surface area (TPSA) is 67.6 Å². The highest BCUT2D eigenvalue weighted by Gasteiger charge is 2.01. The second kappa shape index (κ2) is 2.14. The van der Waals surface area contributed by atoms with Crippen molar-refractivity contribution in [2.45, 2.75) is 19.9 Å². The average molecular weight is 126 g/mol. The highest BCUT2D eigenvalue weighted by atomic mass is 15.2. The van der Waals surface area contributed by atoms with Crippen molar-refractivity contribution in [1.29, 1.82) is 0 Å². The van der Waals surface area contributed by atoms with E-state index in [1.807, 2.05) is 13.8 Å². The van der Waals surface area contributed by atoms with E-state index in [4.69, 9.17) is 5.73 Å². The summed E-state index contributed by atoms with van der Waals surface area (Å²) in [5.41, 5.74) is 5.49. The smallest absolute Gasteiger partial charge is 0.147 e. The minimum absolute atomic E-state index is 0.0498. The SMILES string of the molecule is Cc1nnc(C(C)N)[nH]1. The lowest BCUT2D eigenvalue weighted by molar-refractivity contribution is 0.745. The van der Waals surface area contributed by atoms with E-state index in [1.54, 1.807) is 0 Å². The molecule has 0 spiro atoms. The van der Waals surface area contributed by atoms with Crippen LogP contribution in [0.5, 0.6) is 0 Å². The zero-order valence-electron chi connectivity index (χ0n) is 5.55. The molecule has 0 aliphatic rings. The summed E-state index contributed by atoms with van der Waals surface area (Å²) in [6.45, 7) is 3.71. The Morgan fingerprint density at radius 2 is 2.22 bits per heavy atom. The molecule has 0 fully saturated rings. The fourth-order valence-electron chi connectivity index (χ4n) is 0.569. The van der Waals surface area contributed by atoms with Crippen molar-refractivity contribution in [2.75, 3.05) is 0 Å². The molecule has 0 saturated carbocycles. The minimum Gasteiger partial charge on any atom is -0.328 e. The first-order valence-corrected chi connectivity index (χ1v) is 2.85. The van der Waals surface area contributed by atoms with Gasteiger partial charge in [-0.05, 0) is 13.8 Å². The molecule has 1 atom stereocenters. The van der Waals surface area contributed by atoms with Crippen LogP contribution in [0.2, 0.25) is 0 Å². The molecule has 0 aliphatic carbocycles. The van der Waals surface area contributed by atoms with Gasteiger partial charge in [0.2, 0.25) is 0 Å². The van der Waals surface area contributed by atoms with Gasteiger partial charge in [-0.25, -0.2) is 0 Å². The zero-order chi connectivity index (χ0) is 6.85. The van der Waals surface area contributed by atoms with Crippen LogP contribution in [0.4, 0.5) is 0 Å². The van der Waals surface area contributed by atoms with E-state index in [-0.39, 0.29) is 6.04 Å². The third-order valence-corrected chi connectivity index (χ3v) is 1.05. The minimum atomic E-state index is -0.0498. The van der Waals surface area contributed by atoms with Gasteiger partial charge in [0.1, 0.15) is 11.6 Å². The number of H-pyrrole nitrogens is 1. The number of hydrogen-bond acceptors (Lipinski definition) is 3. The number of hydrogen-bond donors (Lipinski definition) is 2. The van der Waals surface area contributed by atoms with Crippen LogP contribution in [0.25, 0.3) is 0 Å². The predicted molar refractivity (Wildman–Crippen MR) is 33.7 cm³/mol. The highest BCUT2D eigenvalue weighted by molar-refractivity contribution is 4.91. The summed E-state index contributed by atoms with van der Waals surface area (Å²) in [4.78, 5) is 2.93. The van der Waals surface area contributed by atoms with Crippen LogP contribution < -0.4 is 5.73 Å². The number of aromatic amines is 1. The predicted octanol–water partition coefficient (Wildman–Crippen LogP) is 0.133. The summed E-state index contributed by atoms with van der Waals surface area (Å²) < 4.78 is 0. The van der Waals surface area contributed by atoms with Crippen LogP contribution in [-0.2, 0) is 0 Å². The molecule has 50 valence electrons. The molecule has 1 aromatic heterocycles. The van der Waals surface area contributed by atoms with Crippen LogP contribution in [-0.4, -0.2) is 15.2 Å². The molecule has 0 saturated heterocycles. The summed E-state index contributed by atoms with van der Waals surface area (Å²) in [6.07, 6.45) is 0. The van der Waals surface area contributed by atoms with E-state index in [0.29, 0.717) is 0 Å². The monoisotopic (exact) mass is 126 g/mol. The van der Waals surface area contributed by atoms with Crippen molar-refractivity contribution in [3.63, 3.8) is 0 Å². The number of nitrogens with two attached hydrogens (primary N) is 1. The van der Waals surface area contributed by atoms with Gasteiger partial charge in [-0.15, -0.1) is 10.2 Å². The number of aromatic nitrogens is 3. The lowest BCUT2D eigenvalue weighted by atomic mass is 10.3. The van der Waals surface area contributed by atoms with Crippen molar-refractivity contribution >= 4 is 0 Å². The van der Waals surface area contributed by atoms with Crippen LogP contribution >= 0.6 is 0 Å². The Balaban J connectivity index is 2.85. The Labute approximate surface area is 53.5 Å². The first kappa shape index (κ1) is 6.22. The summed E-state index contributed by atoms with van der Waals surface area (Å²) in [5.74, 6) is 1.55. The van der Waals surface area contributed by atoms with Gasteiger partial charge in [-0.3, -0.25) is 0 Å². The third kappa shape index (κ3) is 1.26. The summed E-state index contributed by atoms with van der Waals surface area (Å²) in [6, 6.07) is -0.0498. The normalized spacial score (nSPS) is 13.7. The molecule has 9 heavy (non-hydrogen) atoms. The number of nitrogens with zero attached hydrogens (tertiary/aromatic N) is 2. The van der Waals surface area contributed by atoms with E-state index in [2.05, 4.69) is 15.2 Å². The van der Waals surface area contributed by atoms with Gasteiger partial charge in [0.05, 0.1) is 6.04 Å². The largest absolute Gasteiger partial charge is 0.328 e. The Morgan fingerprint density at radius 1 is 1.56 bits per heavy atom. The van der Waals surface area contributed by atoms with Crippen LogP contribution in [0.3, 0.4) is 0 Å². The molecule has 4 heteroatoms. The second-order valence-corrected chi connectivity index (χ2v) is 2.08. The third-order valence-electron chi connectivity index (χ3n) is 1.05. The molecule has 3 N–H and O–H groups in total. The van der Waals surface area contributed by atoms with Crippen molar-refractivity contribution in [2.24, 2.45) is 5.73 Å². The molecule has 0 amide bonds. The Kier molecular flexibility index (Phi) is 1.48. The first-order chi connectivity index (χ1) is 4.20. The van der Waals surface area contributed by atoms with Crippen molar-refractivity contribution < 1.29 is 0 Å². The standard InChI is InChI=1S/C5H10N4/c1-3(6)5-7-4(2)8-9-5/h3H,6H2,1-2H3,(H,7,8,9). The molecule has 1 heterocycles. The van der Waals surface area contributed by atoms with Gasteiger partial charge in [-0.2, -0.15) is 0 Å². The van der Waals surface area contributed by atoms with Crippen molar-refractivity contribution in [3.8, 4) is 0 Å². The van der Waals surface area contributed by atoms with Crippen LogP contribution in [0, 0.1) is 6.92 Å². The van der Waals surface area contributed by atoms with Gasteiger partial charge in [0, 0.05) is 0 Å².